The molecule has 1 aromatic rings. The highest BCUT2D eigenvalue weighted by Gasteiger charge is 2.32. The molecule has 1 fully saturated rings. The molecule has 0 radical (unpaired) electrons. The number of nitrogens with zero attached hydrogens (tertiary/aromatic N) is 3. The smallest absolute Gasteiger partial charge is 0.161 e. The molecule has 0 spiro atoms. The summed E-state index contributed by atoms with van der Waals surface area (Å²) < 4.78 is 11.4. The molecule has 25 heavy (non-hydrogen) atoms. The molecule has 1 N–H and O–H groups in total. The van der Waals surface area contributed by atoms with Crippen LogP contribution in [0.1, 0.15) is 12.0 Å². The lowest BCUT2D eigenvalue weighted by Crippen LogP contribution is -2.37. The summed E-state index contributed by atoms with van der Waals surface area (Å²) in [6.07, 6.45) is 0.686. The average Bonchev–Trinajstić information content (AvgIpc) is 2.92. The van der Waals surface area contributed by atoms with Crippen molar-refractivity contribution in [2.45, 2.75) is 25.1 Å². The van der Waals surface area contributed by atoms with E-state index in [1.807, 2.05) is 26.2 Å². The Morgan fingerprint density at radius 2 is 1.92 bits per heavy atom. The minimum atomic E-state index is -0.295. The molecule has 0 amide bonds. The number of β-amino-alcohol motifs (C(OH)–C–C–N with tert-alkyl or cyclic N) is 1. The van der Waals surface area contributed by atoms with E-state index in [4.69, 9.17) is 9.47 Å². The molecule has 1 saturated heterocycles. The minimum absolute atomic E-state index is 0.196. The zero-order valence-electron chi connectivity index (χ0n) is 16.2. The Morgan fingerprint density at radius 3 is 2.52 bits per heavy atom. The van der Waals surface area contributed by atoms with Crippen LogP contribution in [0.25, 0.3) is 0 Å². The fourth-order valence-electron chi connectivity index (χ4n) is 3.23. The highest BCUT2D eigenvalue weighted by atomic mass is 16.5. The number of likely N-dealkylation sites (N-methyl/N-ethyl adjacent to an activating group) is 1. The van der Waals surface area contributed by atoms with E-state index in [-0.39, 0.29) is 12.1 Å². The highest BCUT2D eigenvalue weighted by Crippen LogP contribution is 2.29. The van der Waals surface area contributed by atoms with Gasteiger partial charge in [0.05, 0.1) is 19.8 Å². The van der Waals surface area contributed by atoms with Gasteiger partial charge in [0.15, 0.2) is 11.5 Å². The molecule has 6 heteroatoms. The third-order valence-corrected chi connectivity index (χ3v) is 4.64. The number of methoxy groups -OCH3 is 1. The first-order valence-electron chi connectivity index (χ1n) is 8.92. The summed E-state index contributed by atoms with van der Waals surface area (Å²) in [5.74, 6) is 1.56. The summed E-state index contributed by atoms with van der Waals surface area (Å²) in [6.45, 7) is 4.06. The fourth-order valence-corrected chi connectivity index (χ4v) is 3.23. The molecule has 2 atom stereocenters. The van der Waals surface area contributed by atoms with E-state index < -0.39 is 0 Å². The van der Waals surface area contributed by atoms with Crippen molar-refractivity contribution in [3.63, 3.8) is 0 Å². The van der Waals surface area contributed by atoms with Crippen molar-refractivity contribution in [3.05, 3.63) is 23.8 Å². The van der Waals surface area contributed by atoms with Crippen molar-refractivity contribution < 1.29 is 14.6 Å². The van der Waals surface area contributed by atoms with Crippen molar-refractivity contribution in [2.24, 2.45) is 0 Å². The lowest BCUT2D eigenvalue weighted by Gasteiger charge is -2.22. The number of ether oxygens (including phenoxy) is 2. The van der Waals surface area contributed by atoms with Crippen molar-refractivity contribution >= 4 is 0 Å². The Labute approximate surface area is 151 Å². The molecule has 1 heterocycles. The summed E-state index contributed by atoms with van der Waals surface area (Å²) in [4.78, 5) is 6.52. The van der Waals surface area contributed by atoms with Crippen molar-refractivity contribution in [1.29, 1.82) is 0 Å². The van der Waals surface area contributed by atoms with Gasteiger partial charge in [0, 0.05) is 32.2 Å². The lowest BCUT2D eigenvalue weighted by molar-refractivity contribution is 0.112. The molecule has 0 saturated carbocycles. The number of hydrogen-bond donors (Lipinski definition) is 1. The maximum Gasteiger partial charge on any atom is 0.161 e. The van der Waals surface area contributed by atoms with Crippen LogP contribution in [-0.4, -0.2) is 93.5 Å². The van der Waals surface area contributed by atoms with Gasteiger partial charge in [-0.05, 0) is 52.3 Å². The van der Waals surface area contributed by atoms with Gasteiger partial charge in [0.2, 0.25) is 0 Å². The van der Waals surface area contributed by atoms with Crippen LogP contribution in [0.2, 0.25) is 0 Å². The summed E-state index contributed by atoms with van der Waals surface area (Å²) in [7, 11) is 9.83. The first-order chi connectivity index (χ1) is 11.9. The van der Waals surface area contributed by atoms with Gasteiger partial charge in [0.25, 0.3) is 0 Å². The first-order valence-corrected chi connectivity index (χ1v) is 8.92. The number of benzene rings is 1. The predicted octanol–water partition coefficient (Wildman–Crippen LogP) is 1.13. The molecular weight excluding hydrogens is 318 g/mol. The fraction of sp³-hybridized carbons (Fsp3) is 0.684. The van der Waals surface area contributed by atoms with Crippen molar-refractivity contribution in [2.75, 3.05) is 61.5 Å². The third-order valence-electron chi connectivity index (χ3n) is 4.64. The second-order valence-electron chi connectivity index (χ2n) is 7.28. The summed E-state index contributed by atoms with van der Waals surface area (Å²) >= 11 is 0. The molecule has 0 bridgehead atoms. The zero-order chi connectivity index (χ0) is 18.4. The number of aliphatic hydroxyl groups excluding tert-OH is 1. The normalized spacial score (nSPS) is 21.3. The number of aliphatic hydroxyl groups is 1. The van der Waals surface area contributed by atoms with Crippen LogP contribution in [-0.2, 0) is 6.54 Å². The lowest BCUT2D eigenvalue weighted by atomic mass is 10.2. The first kappa shape index (κ1) is 20.0. The van der Waals surface area contributed by atoms with Crippen LogP contribution in [0.3, 0.4) is 0 Å². The van der Waals surface area contributed by atoms with E-state index in [1.165, 1.54) is 5.56 Å². The maximum absolute atomic E-state index is 10.2. The largest absolute Gasteiger partial charge is 0.493 e. The molecule has 1 aliphatic heterocycles. The van der Waals surface area contributed by atoms with E-state index >= 15 is 0 Å². The van der Waals surface area contributed by atoms with Crippen LogP contribution < -0.4 is 9.47 Å². The summed E-state index contributed by atoms with van der Waals surface area (Å²) in [6, 6.07) is 6.30. The molecule has 142 valence electrons. The van der Waals surface area contributed by atoms with Gasteiger partial charge in [-0.15, -0.1) is 0 Å². The molecule has 1 aliphatic rings. The molecule has 2 rings (SSSR count). The Bertz CT molecular complexity index is 537. The number of rotatable bonds is 9. The van der Waals surface area contributed by atoms with Gasteiger partial charge >= 0.3 is 0 Å². The monoisotopic (exact) mass is 351 g/mol. The van der Waals surface area contributed by atoms with Gasteiger partial charge in [-0.25, -0.2) is 0 Å². The third kappa shape index (κ3) is 5.85. The Morgan fingerprint density at radius 1 is 1.16 bits per heavy atom. The summed E-state index contributed by atoms with van der Waals surface area (Å²) in [5, 5.41) is 10.2. The Kier molecular flexibility index (Phi) is 7.50. The maximum atomic E-state index is 10.2. The Balaban J connectivity index is 1.92. The molecule has 0 unspecified atom stereocenters. The van der Waals surface area contributed by atoms with Crippen LogP contribution in [0.15, 0.2) is 18.2 Å². The van der Waals surface area contributed by atoms with Gasteiger partial charge in [-0.2, -0.15) is 0 Å². The van der Waals surface area contributed by atoms with E-state index in [2.05, 4.69) is 34.9 Å². The van der Waals surface area contributed by atoms with E-state index in [0.717, 1.165) is 37.6 Å². The van der Waals surface area contributed by atoms with Crippen LogP contribution in [0.4, 0.5) is 0 Å². The van der Waals surface area contributed by atoms with E-state index in [9.17, 15) is 5.11 Å². The summed E-state index contributed by atoms with van der Waals surface area (Å²) in [5.41, 5.74) is 1.17. The number of likely N-dealkylation sites (tertiary alicyclic amines) is 1. The quantitative estimate of drug-likeness (QED) is 0.673. The molecule has 0 aromatic heterocycles. The van der Waals surface area contributed by atoms with Gasteiger partial charge in [-0.3, -0.25) is 4.90 Å². The standard InChI is InChI=1S/C19H33N3O3/c1-20(2)9-6-10-25-18-8-7-15(11-19(18)24-5)12-22-13-16(21(3)4)17(23)14-22/h7-8,11,16-17,23H,6,9-10,12-14H2,1-5H3/t16-,17-/m0/s1. The second-order valence-corrected chi connectivity index (χ2v) is 7.28. The van der Waals surface area contributed by atoms with Gasteiger partial charge in [0.1, 0.15) is 0 Å². The average molecular weight is 351 g/mol. The predicted molar refractivity (Wildman–Crippen MR) is 100 cm³/mol. The van der Waals surface area contributed by atoms with Crippen LogP contribution in [0.5, 0.6) is 11.5 Å². The van der Waals surface area contributed by atoms with Crippen LogP contribution >= 0.6 is 0 Å². The van der Waals surface area contributed by atoms with Crippen LogP contribution in [0, 0.1) is 0 Å². The molecule has 0 aliphatic carbocycles. The second kappa shape index (κ2) is 9.38. The minimum Gasteiger partial charge on any atom is -0.493 e. The van der Waals surface area contributed by atoms with Gasteiger partial charge in [-0.1, -0.05) is 6.07 Å². The van der Waals surface area contributed by atoms with E-state index in [0.29, 0.717) is 13.2 Å². The highest BCUT2D eigenvalue weighted by molar-refractivity contribution is 5.43. The SMILES string of the molecule is COc1cc(CN2C[C@H](O)[C@@H](N(C)C)C2)ccc1OCCCN(C)C. The Hall–Kier alpha value is -1.34. The number of hydrogen-bond acceptors (Lipinski definition) is 6. The molecule has 6 nitrogen and oxygen atoms in total. The van der Waals surface area contributed by atoms with Gasteiger partial charge < -0.3 is 24.4 Å². The van der Waals surface area contributed by atoms with Crippen molar-refractivity contribution in [3.8, 4) is 11.5 Å². The molecular formula is C19H33N3O3. The zero-order valence-corrected chi connectivity index (χ0v) is 16.2. The topological polar surface area (TPSA) is 48.4 Å². The molecule has 1 aromatic carbocycles. The van der Waals surface area contributed by atoms with E-state index in [1.54, 1.807) is 7.11 Å². The van der Waals surface area contributed by atoms with Crippen molar-refractivity contribution in [1.82, 2.24) is 14.7 Å².